The van der Waals surface area contributed by atoms with E-state index in [-0.39, 0.29) is 11.8 Å². The molecule has 0 saturated carbocycles. The standard InChI is InChI=1S/C21H19N3O2S/c1-26-17-9-7-15(8-10-17)18-11-20(25)24-13-23(16-5-3-2-4-6-16)14-27-21(24)19(18)12-22/h2-10,18H,11,13-14H2,1H3/t18-/m0/s1. The molecule has 2 aromatic rings. The molecular weight excluding hydrogens is 358 g/mol. The van der Waals surface area contributed by atoms with Crippen LogP contribution in [0.2, 0.25) is 0 Å². The second-order valence-corrected chi connectivity index (χ2v) is 7.41. The number of nitrogens with zero attached hydrogens (tertiary/aromatic N) is 3. The third kappa shape index (κ3) is 3.26. The zero-order valence-corrected chi connectivity index (χ0v) is 15.8. The van der Waals surface area contributed by atoms with Gasteiger partial charge in [-0.15, -0.1) is 0 Å². The third-order valence-corrected chi connectivity index (χ3v) is 6.09. The van der Waals surface area contributed by atoms with E-state index >= 15 is 0 Å². The minimum Gasteiger partial charge on any atom is -0.497 e. The molecule has 0 unspecified atom stereocenters. The first-order valence-electron chi connectivity index (χ1n) is 8.72. The summed E-state index contributed by atoms with van der Waals surface area (Å²) in [6.07, 6.45) is 0.307. The van der Waals surface area contributed by atoms with Crippen LogP contribution < -0.4 is 9.64 Å². The quantitative estimate of drug-likeness (QED) is 0.812. The minimum absolute atomic E-state index is 0.0537. The summed E-state index contributed by atoms with van der Waals surface area (Å²) in [7, 11) is 1.62. The van der Waals surface area contributed by atoms with Crippen LogP contribution in [-0.2, 0) is 4.79 Å². The largest absolute Gasteiger partial charge is 0.497 e. The molecule has 2 aromatic carbocycles. The van der Waals surface area contributed by atoms with Gasteiger partial charge in [-0.05, 0) is 29.8 Å². The highest BCUT2D eigenvalue weighted by Crippen LogP contribution is 2.43. The van der Waals surface area contributed by atoms with Crippen LogP contribution in [0, 0.1) is 11.3 Å². The lowest BCUT2D eigenvalue weighted by Gasteiger charge is -2.42. The molecular formula is C21H19N3O2S. The molecule has 2 heterocycles. The van der Waals surface area contributed by atoms with E-state index < -0.39 is 0 Å². The van der Waals surface area contributed by atoms with Crippen molar-refractivity contribution in [3.8, 4) is 11.8 Å². The molecule has 1 fully saturated rings. The highest BCUT2D eigenvalue weighted by molar-refractivity contribution is 8.03. The first-order chi connectivity index (χ1) is 13.2. The molecule has 136 valence electrons. The predicted molar refractivity (Wildman–Crippen MR) is 106 cm³/mol. The number of ether oxygens (including phenoxy) is 1. The first-order valence-corrected chi connectivity index (χ1v) is 9.71. The van der Waals surface area contributed by atoms with Gasteiger partial charge < -0.3 is 9.64 Å². The summed E-state index contributed by atoms with van der Waals surface area (Å²) in [5, 5.41) is 10.6. The second kappa shape index (κ2) is 7.37. The molecule has 1 amide bonds. The molecule has 2 aliphatic heterocycles. The van der Waals surface area contributed by atoms with Gasteiger partial charge in [-0.25, -0.2) is 0 Å². The van der Waals surface area contributed by atoms with Crippen molar-refractivity contribution in [1.29, 1.82) is 5.26 Å². The first kappa shape index (κ1) is 17.5. The number of nitriles is 1. The Morgan fingerprint density at radius 3 is 2.56 bits per heavy atom. The van der Waals surface area contributed by atoms with Crippen LogP contribution in [0.15, 0.2) is 65.2 Å². The molecule has 0 radical (unpaired) electrons. The number of benzene rings is 2. The summed E-state index contributed by atoms with van der Waals surface area (Å²) >= 11 is 1.56. The zero-order valence-electron chi connectivity index (χ0n) is 15.0. The molecule has 6 heteroatoms. The van der Waals surface area contributed by atoms with Crippen molar-refractivity contribution >= 4 is 23.4 Å². The Kier molecular flexibility index (Phi) is 4.78. The second-order valence-electron chi connectivity index (χ2n) is 6.47. The predicted octanol–water partition coefficient (Wildman–Crippen LogP) is 3.91. The topological polar surface area (TPSA) is 56.6 Å². The summed E-state index contributed by atoms with van der Waals surface area (Å²) in [6, 6.07) is 20.0. The number of fused-ring (bicyclic) bond motifs is 1. The van der Waals surface area contributed by atoms with E-state index in [0.717, 1.165) is 22.0 Å². The maximum absolute atomic E-state index is 12.9. The molecule has 0 aromatic heterocycles. The van der Waals surface area contributed by atoms with E-state index in [1.807, 2.05) is 54.6 Å². The van der Waals surface area contributed by atoms with Crippen molar-refractivity contribution < 1.29 is 9.53 Å². The monoisotopic (exact) mass is 377 g/mol. The van der Waals surface area contributed by atoms with Crippen LogP contribution in [0.25, 0.3) is 0 Å². The smallest absolute Gasteiger partial charge is 0.229 e. The van der Waals surface area contributed by atoms with Crippen LogP contribution in [0.4, 0.5) is 5.69 Å². The van der Waals surface area contributed by atoms with Crippen LogP contribution in [0.5, 0.6) is 5.75 Å². The molecule has 1 saturated heterocycles. The van der Waals surface area contributed by atoms with Gasteiger partial charge in [0, 0.05) is 18.0 Å². The van der Waals surface area contributed by atoms with Crippen molar-refractivity contribution in [2.45, 2.75) is 12.3 Å². The van der Waals surface area contributed by atoms with Gasteiger partial charge >= 0.3 is 0 Å². The fourth-order valence-corrected chi connectivity index (χ4v) is 4.65. The van der Waals surface area contributed by atoms with E-state index in [1.54, 1.807) is 23.8 Å². The number of anilines is 1. The summed E-state index contributed by atoms with van der Waals surface area (Å²) < 4.78 is 5.21. The van der Waals surface area contributed by atoms with Crippen LogP contribution in [-0.4, -0.2) is 30.5 Å². The molecule has 1 atom stereocenters. The van der Waals surface area contributed by atoms with Gasteiger partial charge in [-0.1, -0.05) is 42.1 Å². The van der Waals surface area contributed by atoms with E-state index in [0.29, 0.717) is 24.5 Å². The number of thioether (sulfide) groups is 1. The summed E-state index contributed by atoms with van der Waals surface area (Å²) in [4.78, 5) is 16.8. The van der Waals surface area contributed by atoms with Gasteiger partial charge in [0.25, 0.3) is 0 Å². The number of carbonyl (C=O) groups is 1. The number of hydrogen-bond acceptors (Lipinski definition) is 5. The Morgan fingerprint density at radius 2 is 1.89 bits per heavy atom. The van der Waals surface area contributed by atoms with Gasteiger partial charge in [0.15, 0.2) is 0 Å². The fraction of sp³-hybridized carbons (Fsp3) is 0.238. The zero-order chi connectivity index (χ0) is 18.8. The average molecular weight is 377 g/mol. The molecule has 5 nitrogen and oxygen atoms in total. The fourth-order valence-electron chi connectivity index (χ4n) is 3.49. The normalized spacial score (nSPS) is 19.6. The highest BCUT2D eigenvalue weighted by Gasteiger charge is 2.38. The number of methoxy groups -OCH3 is 1. The average Bonchev–Trinajstić information content (AvgIpc) is 2.74. The molecule has 4 rings (SSSR count). The number of amides is 1. The van der Waals surface area contributed by atoms with Crippen LogP contribution >= 0.6 is 11.8 Å². The Balaban J connectivity index is 1.65. The summed E-state index contributed by atoms with van der Waals surface area (Å²) in [5.41, 5.74) is 2.73. The Bertz CT molecular complexity index is 919. The lowest BCUT2D eigenvalue weighted by molar-refractivity contribution is -0.129. The minimum atomic E-state index is -0.199. The Labute approximate surface area is 162 Å². The van der Waals surface area contributed by atoms with E-state index in [9.17, 15) is 10.1 Å². The maximum Gasteiger partial charge on any atom is 0.229 e. The maximum atomic E-state index is 12.9. The molecule has 27 heavy (non-hydrogen) atoms. The van der Waals surface area contributed by atoms with Crippen molar-refractivity contribution in [1.82, 2.24) is 4.90 Å². The van der Waals surface area contributed by atoms with Gasteiger partial charge in [0.05, 0.1) is 36.3 Å². The molecule has 0 aliphatic carbocycles. The molecule has 0 N–H and O–H groups in total. The van der Waals surface area contributed by atoms with Crippen molar-refractivity contribution in [2.75, 3.05) is 24.6 Å². The van der Waals surface area contributed by atoms with Crippen LogP contribution in [0.3, 0.4) is 0 Å². The van der Waals surface area contributed by atoms with E-state index in [2.05, 4.69) is 11.0 Å². The number of carbonyl (C=O) groups excluding carboxylic acids is 1. The van der Waals surface area contributed by atoms with Gasteiger partial charge in [-0.2, -0.15) is 5.26 Å². The summed E-state index contributed by atoms with van der Waals surface area (Å²) in [6.45, 7) is 0.478. The lowest BCUT2D eigenvalue weighted by Crippen LogP contribution is -2.47. The lowest BCUT2D eigenvalue weighted by atomic mass is 9.86. The highest BCUT2D eigenvalue weighted by atomic mass is 32.2. The molecule has 0 spiro atoms. The molecule has 2 aliphatic rings. The van der Waals surface area contributed by atoms with Crippen molar-refractivity contribution in [3.63, 3.8) is 0 Å². The Hall–Kier alpha value is -2.91. The third-order valence-electron chi connectivity index (χ3n) is 4.93. The van der Waals surface area contributed by atoms with Crippen LogP contribution in [0.1, 0.15) is 17.9 Å². The van der Waals surface area contributed by atoms with Crippen molar-refractivity contribution in [2.24, 2.45) is 0 Å². The summed E-state index contributed by atoms with van der Waals surface area (Å²) in [5.74, 6) is 1.33. The molecule has 0 bridgehead atoms. The van der Waals surface area contributed by atoms with E-state index in [1.165, 1.54) is 0 Å². The Morgan fingerprint density at radius 1 is 1.15 bits per heavy atom. The van der Waals surface area contributed by atoms with Gasteiger partial charge in [0.1, 0.15) is 5.75 Å². The van der Waals surface area contributed by atoms with Gasteiger partial charge in [-0.3, -0.25) is 9.69 Å². The number of para-hydroxylation sites is 1. The number of allylic oxidation sites excluding steroid dienone is 1. The van der Waals surface area contributed by atoms with Crippen molar-refractivity contribution in [3.05, 3.63) is 70.8 Å². The number of rotatable bonds is 3. The number of hydrogen-bond donors (Lipinski definition) is 0. The SMILES string of the molecule is COc1ccc([C@@H]2CC(=O)N3CN(c4ccccc4)CSC3=C2C#N)cc1. The van der Waals surface area contributed by atoms with E-state index in [4.69, 9.17) is 4.74 Å². The van der Waals surface area contributed by atoms with Gasteiger partial charge in [0.2, 0.25) is 5.91 Å².